The first-order chi connectivity index (χ1) is 11.4. The first kappa shape index (κ1) is 17.2. The molecule has 0 fully saturated rings. The van der Waals surface area contributed by atoms with Gasteiger partial charge >= 0.3 is 0 Å². The van der Waals surface area contributed by atoms with Crippen molar-refractivity contribution in [1.29, 1.82) is 0 Å². The van der Waals surface area contributed by atoms with Crippen molar-refractivity contribution in [3.05, 3.63) is 61.7 Å². The van der Waals surface area contributed by atoms with E-state index in [0.29, 0.717) is 16.5 Å². The summed E-state index contributed by atoms with van der Waals surface area (Å²) >= 11 is 6.87. The monoisotopic (exact) mass is 448 g/mol. The third-order valence-electron chi connectivity index (χ3n) is 4.21. The highest BCUT2D eigenvalue weighted by molar-refractivity contribution is 9.11. The molecular formula is C19H18Br2N2O. The molecule has 0 bridgehead atoms. The SMILES string of the molecule is Cc1cc(C)c(NCc2ccc3c(Br)cc(Br)c(O)c3n2)cc1C. The van der Waals surface area contributed by atoms with E-state index in [-0.39, 0.29) is 5.75 Å². The molecule has 124 valence electrons. The van der Waals surface area contributed by atoms with E-state index in [1.807, 2.05) is 18.2 Å². The van der Waals surface area contributed by atoms with Gasteiger partial charge in [-0.05, 0) is 77.7 Å². The Morgan fingerprint density at radius 1 is 0.958 bits per heavy atom. The molecule has 2 aromatic carbocycles. The summed E-state index contributed by atoms with van der Waals surface area (Å²) < 4.78 is 1.53. The van der Waals surface area contributed by atoms with Gasteiger partial charge in [-0.2, -0.15) is 0 Å². The van der Waals surface area contributed by atoms with Gasteiger partial charge in [-0.15, -0.1) is 0 Å². The number of phenols is 1. The van der Waals surface area contributed by atoms with Crippen molar-refractivity contribution in [3.8, 4) is 5.75 Å². The molecule has 24 heavy (non-hydrogen) atoms. The van der Waals surface area contributed by atoms with E-state index in [0.717, 1.165) is 21.2 Å². The lowest BCUT2D eigenvalue weighted by Crippen LogP contribution is -2.04. The fourth-order valence-corrected chi connectivity index (χ4v) is 3.95. The van der Waals surface area contributed by atoms with Crippen LogP contribution in [-0.2, 0) is 6.54 Å². The second-order valence-corrected chi connectivity index (χ2v) is 7.70. The highest BCUT2D eigenvalue weighted by atomic mass is 79.9. The molecule has 0 spiro atoms. The summed E-state index contributed by atoms with van der Waals surface area (Å²) in [5.74, 6) is 0.164. The minimum absolute atomic E-state index is 0.164. The number of halogens is 2. The highest BCUT2D eigenvalue weighted by Crippen LogP contribution is 2.36. The van der Waals surface area contributed by atoms with Crippen LogP contribution in [0, 0.1) is 20.8 Å². The second kappa shape index (κ2) is 6.73. The van der Waals surface area contributed by atoms with Crippen LogP contribution in [0.2, 0.25) is 0 Å². The van der Waals surface area contributed by atoms with Crippen LogP contribution in [0.15, 0.2) is 39.3 Å². The molecule has 0 aliphatic carbocycles. The third-order valence-corrected chi connectivity index (χ3v) is 5.48. The Bertz CT molecular complexity index is 939. The quantitative estimate of drug-likeness (QED) is 0.515. The standard InChI is InChI=1S/C19H18Br2N2O/c1-10-6-12(3)17(7-11(10)2)22-9-13-4-5-14-15(20)8-16(21)19(24)18(14)23-13/h4-8,22,24H,9H2,1-3H3. The van der Waals surface area contributed by atoms with E-state index >= 15 is 0 Å². The fraction of sp³-hybridized carbons (Fsp3) is 0.211. The van der Waals surface area contributed by atoms with Crippen LogP contribution in [0.25, 0.3) is 10.9 Å². The lowest BCUT2D eigenvalue weighted by Gasteiger charge is -2.13. The predicted octanol–water partition coefficient (Wildman–Crippen LogP) is 6.00. The van der Waals surface area contributed by atoms with Gasteiger partial charge in [-0.25, -0.2) is 4.98 Å². The molecule has 0 unspecified atom stereocenters. The number of aromatic hydroxyl groups is 1. The second-order valence-electron chi connectivity index (χ2n) is 5.99. The topological polar surface area (TPSA) is 45.1 Å². The number of rotatable bonds is 3. The molecule has 3 nitrogen and oxygen atoms in total. The fourth-order valence-electron chi connectivity index (χ4n) is 2.68. The summed E-state index contributed by atoms with van der Waals surface area (Å²) in [6.45, 7) is 6.93. The van der Waals surface area contributed by atoms with E-state index in [4.69, 9.17) is 0 Å². The Labute approximate surface area is 158 Å². The van der Waals surface area contributed by atoms with Crippen LogP contribution in [0.3, 0.4) is 0 Å². The average molecular weight is 450 g/mol. The van der Waals surface area contributed by atoms with E-state index < -0.39 is 0 Å². The van der Waals surface area contributed by atoms with Gasteiger partial charge in [0.25, 0.3) is 0 Å². The van der Waals surface area contributed by atoms with Gasteiger partial charge < -0.3 is 10.4 Å². The van der Waals surface area contributed by atoms with Crippen LogP contribution in [0.1, 0.15) is 22.4 Å². The number of aromatic nitrogens is 1. The molecule has 3 rings (SSSR count). The number of pyridine rings is 1. The third kappa shape index (κ3) is 3.28. The van der Waals surface area contributed by atoms with Crippen molar-refractivity contribution in [3.63, 3.8) is 0 Å². The van der Waals surface area contributed by atoms with Crippen LogP contribution >= 0.6 is 31.9 Å². The Morgan fingerprint density at radius 2 is 1.67 bits per heavy atom. The van der Waals surface area contributed by atoms with Crippen molar-refractivity contribution in [2.75, 3.05) is 5.32 Å². The number of aryl methyl sites for hydroxylation is 3. The highest BCUT2D eigenvalue weighted by Gasteiger charge is 2.11. The first-order valence-corrected chi connectivity index (χ1v) is 9.23. The van der Waals surface area contributed by atoms with Gasteiger partial charge in [-0.1, -0.05) is 22.0 Å². The van der Waals surface area contributed by atoms with Crippen molar-refractivity contribution in [1.82, 2.24) is 4.98 Å². The maximum Gasteiger partial charge on any atom is 0.156 e. The number of benzene rings is 2. The van der Waals surface area contributed by atoms with Crippen molar-refractivity contribution < 1.29 is 5.11 Å². The van der Waals surface area contributed by atoms with E-state index in [1.54, 1.807) is 0 Å². The number of hydrogen-bond donors (Lipinski definition) is 2. The smallest absolute Gasteiger partial charge is 0.156 e. The minimum Gasteiger partial charge on any atom is -0.505 e. The van der Waals surface area contributed by atoms with Gasteiger partial charge in [0.05, 0.1) is 16.7 Å². The zero-order valence-electron chi connectivity index (χ0n) is 13.7. The molecule has 0 radical (unpaired) electrons. The van der Waals surface area contributed by atoms with Crippen molar-refractivity contribution >= 4 is 48.5 Å². The van der Waals surface area contributed by atoms with Gasteiger partial charge in [0.15, 0.2) is 5.75 Å². The molecule has 0 saturated heterocycles. The number of nitrogens with zero attached hydrogens (tertiary/aromatic N) is 1. The van der Waals surface area contributed by atoms with Crippen LogP contribution < -0.4 is 5.32 Å². The Balaban J connectivity index is 1.91. The number of hydrogen-bond acceptors (Lipinski definition) is 3. The number of phenolic OH excluding ortho intramolecular Hbond substituents is 1. The molecule has 0 atom stereocenters. The van der Waals surface area contributed by atoms with Crippen molar-refractivity contribution in [2.45, 2.75) is 27.3 Å². The lowest BCUT2D eigenvalue weighted by atomic mass is 10.0. The Hall–Kier alpha value is -1.59. The molecule has 0 aliphatic heterocycles. The summed E-state index contributed by atoms with van der Waals surface area (Å²) in [6, 6.07) is 10.1. The summed E-state index contributed by atoms with van der Waals surface area (Å²) in [6.07, 6.45) is 0. The zero-order valence-corrected chi connectivity index (χ0v) is 16.9. The maximum absolute atomic E-state index is 10.3. The van der Waals surface area contributed by atoms with E-state index in [2.05, 4.69) is 75.1 Å². The lowest BCUT2D eigenvalue weighted by molar-refractivity contribution is 0.477. The van der Waals surface area contributed by atoms with Gasteiger partial charge in [-0.3, -0.25) is 0 Å². The predicted molar refractivity (Wildman–Crippen MR) is 107 cm³/mol. The number of nitrogens with one attached hydrogen (secondary N) is 1. The van der Waals surface area contributed by atoms with Gasteiger partial charge in [0.2, 0.25) is 0 Å². The van der Waals surface area contributed by atoms with Gasteiger partial charge in [0.1, 0.15) is 5.52 Å². The van der Waals surface area contributed by atoms with Crippen molar-refractivity contribution in [2.24, 2.45) is 0 Å². The molecule has 1 aromatic heterocycles. The van der Waals surface area contributed by atoms with E-state index in [1.165, 1.54) is 16.7 Å². The summed E-state index contributed by atoms with van der Waals surface area (Å²) in [7, 11) is 0. The molecule has 0 aliphatic rings. The molecule has 5 heteroatoms. The summed E-state index contributed by atoms with van der Waals surface area (Å²) in [4.78, 5) is 4.61. The maximum atomic E-state index is 10.3. The van der Waals surface area contributed by atoms with Crippen LogP contribution in [-0.4, -0.2) is 10.1 Å². The first-order valence-electron chi connectivity index (χ1n) is 7.65. The van der Waals surface area contributed by atoms with Crippen LogP contribution in [0.5, 0.6) is 5.75 Å². The summed E-state index contributed by atoms with van der Waals surface area (Å²) in [5, 5.41) is 14.6. The number of anilines is 1. The van der Waals surface area contributed by atoms with Crippen LogP contribution in [0.4, 0.5) is 5.69 Å². The zero-order chi connectivity index (χ0) is 17.4. The molecule has 3 aromatic rings. The molecular weight excluding hydrogens is 432 g/mol. The normalized spacial score (nSPS) is 11.0. The van der Waals surface area contributed by atoms with E-state index in [9.17, 15) is 5.11 Å². The molecule has 0 amide bonds. The molecule has 2 N–H and O–H groups in total. The summed E-state index contributed by atoms with van der Waals surface area (Å²) in [5.41, 5.74) is 6.35. The Morgan fingerprint density at radius 3 is 2.42 bits per heavy atom. The number of fused-ring (bicyclic) bond motifs is 1. The Kier molecular flexibility index (Phi) is 4.83. The largest absolute Gasteiger partial charge is 0.505 e. The molecule has 1 heterocycles. The average Bonchev–Trinajstić information content (AvgIpc) is 2.54. The van der Waals surface area contributed by atoms with Gasteiger partial charge in [0, 0.05) is 15.5 Å². The minimum atomic E-state index is 0.164. The molecule has 0 saturated carbocycles.